The first-order valence-corrected chi connectivity index (χ1v) is 12.0. The van der Waals surface area contributed by atoms with E-state index < -0.39 is 10.0 Å². The summed E-state index contributed by atoms with van der Waals surface area (Å²) in [5.41, 5.74) is 2.29. The maximum Gasteiger partial charge on any atom is 0.209 e. The second-order valence-electron chi connectivity index (χ2n) is 7.87. The molecule has 9 heteroatoms. The normalized spacial score (nSPS) is 12.4. The third-order valence-corrected chi connectivity index (χ3v) is 6.34. The summed E-state index contributed by atoms with van der Waals surface area (Å²) in [6.07, 6.45) is 2.09. The van der Waals surface area contributed by atoms with E-state index in [9.17, 15) is 8.42 Å². The first-order valence-electron chi connectivity index (χ1n) is 9.33. The molecule has 2 aromatic heterocycles. The van der Waals surface area contributed by atoms with Crippen molar-refractivity contribution in [3.63, 3.8) is 0 Å². The Kier molecular flexibility index (Phi) is 6.50. The lowest BCUT2D eigenvalue weighted by Gasteiger charge is -2.19. The monoisotopic (exact) mass is 434 g/mol. The van der Waals surface area contributed by atoms with Crippen LogP contribution in [0.3, 0.4) is 0 Å². The molecule has 0 saturated heterocycles. The standard InChI is InChI=1S/C20H26N4O3S2/c1-20(2,3)16-9-7-15(8-10-16)18-22-23-19(28-12-5-13-29(21,25)26)24(18)14-17-6-4-11-27-17/h4,6-11H,5,12-14H2,1-3H3,(H2,21,25,26). The fourth-order valence-electron chi connectivity index (χ4n) is 2.85. The highest BCUT2D eigenvalue weighted by Gasteiger charge is 2.18. The second-order valence-corrected chi connectivity index (χ2v) is 10.7. The summed E-state index contributed by atoms with van der Waals surface area (Å²) in [6, 6.07) is 12.1. The molecule has 0 aliphatic carbocycles. The molecule has 0 aliphatic rings. The zero-order chi connectivity index (χ0) is 21.1. The van der Waals surface area contributed by atoms with Crippen LogP contribution in [0.1, 0.15) is 38.5 Å². The van der Waals surface area contributed by atoms with Gasteiger partial charge in [-0.25, -0.2) is 13.6 Å². The van der Waals surface area contributed by atoms with Crippen LogP contribution in [0.5, 0.6) is 0 Å². The lowest BCUT2D eigenvalue weighted by Crippen LogP contribution is -2.16. The van der Waals surface area contributed by atoms with Gasteiger partial charge in [-0.1, -0.05) is 56.8 Å². The first-order chi connectivity index (χ1) is 13.6. The number of hydrogen-bond acceptors (Lipinski definition) is 6. The van der Waals surface area contributed by atoms with Gasteiger partial charge in [0.1, 0.15) is 5.76 Å². The molecule has 7 nitrogen and oxygen atoms in total. The van der Waals surface area contributed by atoms with E-state index in [0.29, 0.717) is 23.9 Å². The molecule has 0 fully saturated rings. The molecule has 0 spiro atoms. The SMILES string of the molecule is CC(C)(C)c1ccc(-c2nnc(SCCCS(N)(=O)=O)n2Cc2ccco2)cc1. The van der Waals surface area contributed by atoms with Crippen molar-refractivity contribution < 1.29 is 12.8 Å². The summed E-state index contributed by atoms with van der Waals surface area (Å²) in [7, 11) is -3.45. The molecule has 0 amide bonds. The van der Waals surface area contributed by atoms with Gasteiger partial charge in [0, 0.05) is 11.3 Å². The summed E-state index contributed by atoms with van der Waals surface area (Å²) in [6.45, 7) is 7.03. The predicted octanol–water partition coefficient (Wildman–Crippen LogP) is 3.65. The van der Waals surface area contributed by atoms with Crippen molar-refractivity contribution >= 4 is 21.8 Å². The highest BCUT2D eigenvalue weighted by Crippen LogP contribution is 2.28. The van der Waals surface area contributed by atoms with Gasteiger partial charge in [-0.15, -0.1) is 10.2 Å². The number of rotatable bonds is 8. The largest absolute Gasteiger partial charge is 0.467 e. The van der Waals surface area contributed by atoms with Crippen LogP contribution in [0, 0.1) is 0 Å². The molecule has 3 rings (SSSR count). The average Bonchev–Trinajstić information content (AvgIpc) is 3.28. The molecular weight excluding hydrogens is 408 g/mol. The molecule has 156 valence electrons. The lowest BCUT2D eigenvalue weighted by molar-refractivity contribution is 0.485. The summed E-state index contributed by atoms with van der Waals surface area (Å²) in [5, 5.41) is 14.5. The van der Waals surface area contributed by atoms with E-state index in [2.05, 4.69) is 55.2 Å². The molecule has 1 aromatic carbocycles. The van der Waals surface area contributed by atoms with Gasteiger partial charge in [-0.3, -0.25) is 4.57 Å². The highest BCUT2D eigenvalue weighted by molar-refractivity contribution is 7.99. The van der Waals surface area contributed by atoms with E-state index in [-0.39, 0.29) is 11.2 Å². The zero-order valence-corrected chi connectivity index (χ0v) is 18.5. The van der Waals surface area contributed by atoms with Crippen LogP contribution < -0.4 is 5.14 Å². The Labute approximate surface area is 175 Å². The molecule has 0 unspecified atom stereocenters. The minimum absolute atomic E-state index is 0.0482. The number of nitrogens with two attached hydrogens (primary N) is 1. The fraction of sp³-hybridized carbons (Fsp3) is 0.400. The first kappa shape index (κ1) is 21.6. The minimum Gasteiger partial charge on any atom is -0.467 e. The van der Waals surface area contributed by atoms with E-state index in [1.807, 2.05) is 16.7 Å². The van der Waals surface area contributed by atoms with Crippen LogP contribution in [0.4, 0.5) is 0 Å². The number of aromatic nitrogens is 3. The van der Waals surface area contributed by atoms with E-state index in [1.165, 1.54) is 17.3 Å². The number of sulfonamides is 1. The van der Waals surface area contributed by atoms with Gasteiger partial charge >= 0.3 is 0 Å². The van der Waals surface area contributed by atoms with Crippen LogP contribution in [0.2, 0.25) is 0 Å². The molecule has 0 aliphatic heterocycles. The van der Waals surface area contributed by atoms with Crippen LogP contribution in [-0.2, 0) is 22.0 Å². The Bertz CT molecular complexity index is 1030. The average molecular weight is 435 g/mol. The van der Waals surface area contributed by atoms with Crippen LogP contribution in [0.15, 0.2) is 52.2 Å². The number of furan rings is 1. The highest BCUT2D eigenvalue weighted by atomic mass is 32.2. The van der Waals surface area contributed by atoms with Crippen molar-refractivity contribution in [1.29, 1.82) is 0 Å². The molecule has 0 saturated carbocycles. The minimum atomic E-state index is -3.45. The smallest absolute Gasteiger partial charge is 0.209 e. The zero-order valence-electron chi connectivity index (χ0n) is 16.8. The van der Waals surface area contributed by atoms with Gasteiger partial charge in [0.05, 0.1) is 18.6 Å². The van der Waals surface area contributed by atoms with E-state index >= 15 is 0 Å². The number of hydrogen-bond donors (Lipinski definition) is 1. The third-order valence-electron chi connectivity index (χ3n) is 4.42. The van der Waals surface area contributed by atoms with E-state index in [4.69, 9.17) is 9.56 Å². The Morgan fingerprint density at radius 3 is 2.45 bits per heavy atom. The maximum atomic E-state index is 11.1. The van der Waals surface area contributed by atoms with Crippen molar-refractivity contribution in [2.24, 2.45) is 5.14 Å². The van der Waals surface area contributed by atoms with Gasteiger partial charge in [0.25, 0.3) is 0 Å². The Morgan fingerprint density at radius 1 is 1.14 bits per heavy atom. The lowest BCUT2D eigenvalue weighted by atomic mass is 9.87. The second kappa shape index (κ2) is 8.73. The third kappa shape index (κ3) is 5.94. The summed E-state index contributed by atoms with van der Waals surface area (Å²) >= 11 is 1.46. The summed E-state index contributed by atoms with van der Waals surface area (Å²) < 4.78 is 29.8. The maximum absolute atomic E-state index is 11.1. The van der Waals surface area contributed by atoms with Gasteiger partial charge in [-0.05, 0) is 29.5 Å². The van der Waals surface area contributed by atoms with Gasteiger partial charge in [0.2, 0.25) is 10.0 Å². The summed E-state index contributed by atoms with van der Waals surface area (Å²) in [5.74, 6) is 2.07. The topological polar surface area (TPSA) is 104 Å². The van der Waals surface area contributed by atoms with Crippen molar-refractivity contribution in [3.8, 4) is 11.4 Å². The number of primary sulfonamides is 1. The quantitative estimate of drug-likeness (QED) is 0.429. The fourth-order valence-corrected chi connectivity index (χ4v) is 4.46. The van der Waals surface area contributed by atoms with Crippen LogP contribution >= 0.6 is 11.8 Å². The van der Waals surface area contributed by atoms with Gasteiger partial charge < -0.3 is 4.42 Å². The molecule has 0 atom stereocenters. The molecule has 0 bridgehead atoms. The number of nitrogens with zero attached hydrogens (tertiary/aromatic N) is 3. The molecule has 2 heterocycles. The molecule has 2 N–H and O–H groups in total. The van der Waals surface area contributed by atoms with Crippen molar-refractivity contribution in [2.75, 3.05) is 11.5 Å². The van der Waals surface area contributed by atoms with E-state index in [1.54, 1.807) is 6.26 Å². The van der Waals surface area contributed by atoms with Crippen molar-refractivity contribution in [1.82, 2.24) is 14.8 Å². The molecule has 3 aromatic rings. The number of thioether (sulfide) groups is 1. The Hall–Kier alpha value is -2.10. The van der Waals surface area contributed by atoms with Crippen molar-refractivity contribution in [3.05, 3.63) is 54.0 Å². The molecule has 0 radical (unpaired) electrons. The number of benzene rings is 1. The molecule has 29 heavy (non-hydrogen) atoms. The van der Waals surface area contributed by atoms with Crippen molar-refractivity contribution in [2.45, 2.75) is 44.3 Å². The van der Waals surface area contributed by atoms with Gasteiger partial charge in [-0.2, -0.15) is 0 Å². The summed E-state index contributed by atoms with van der Waals surface area (Å²) in [4.78, 5) is 0. The van der Waals surface area contributed by atoms with Crippen LogP contribution in [-0.4, -0.2) is 34.7 Å². The Balaban J connectivity index is 1.85. The Morgan fingerprint density at radius 2 is 1.86 bits per heavy atom. The molecular formula is C20H26N4O3S2. The van der Waals surface area contributed by atoms with Crippen LogP contribution in [0.25, 0.3) is 11.4 Å². The van der Waals surface area contributed by atoms with Gasteiger partial charge in [0.15, 0.2) is 11.0 Å². The predicted molar refractivity (Wildman–Crippen MR) is 115 cm³/mol. The van der Waals surface area contributed by atoms with E-state index in [0.717, 1.165) is 17.1 Å².